The lowest BCUT2D eigenvalue weighted by molar-refractivity contribution is 0.768. The van der Waals surface area contributed by atoms with Crippen LogP contribution in [-0.2, 0) is 0 Å². The van der Waals surface area contributed by atoms with Gasteiger partial charge >= 0.3 is 0 Å². The molecule has 0 amide bonds. The van der Waals surface area contributed by atoms with Crippen molar-refractivity contribution in [1.82, 2.24) is 0 Å². The third kappa shape index (κ3) is 2.78. The highest BCUT2D eigenvalue weighted by molar-refractivity contribution is 7.60. The monoisotopic (exact) mass is 169 g/mol. The van der Waals surface area contributed by atoms with Crippen LogP contribution in [0.25, 0.3) is 0 Å². The van der Waals surface area contributed by atoms with Crippen LogP contribution in [0, 0.1) is 0 Å². The van der Waals surface area contributed by atoms with Crippen LogP contribution in [0.15, 0.2) is 0 Å². The average molecular weight is 169 g/mol. The molecule has 0 aromatic heterocycles. The molecule has 0 aliphatic carbocycles. The Labute approximate surface area is 74.5 Å². The zero-order valence-corrected chi connectivity index (χ0v) is 9.12. The fourth-order valence-corrected chi connectivity index (χ4v) is 5.38. The molecule has 1 saturated heterocycles. The molecule has 0 N–H and O–H groups in total. The molecule has 1 aliphatic rings. The molecule has 2 unspecified atom stereocenters. The first kappa shape index (κ1) is 11.5. The lowest BCUT2D eigenvalue weighted by Gasteiger charge is -2.31. The van der Waals surface area contributed by atoms with Crippen LogP contribution in [0.5, 0.6) is 0 Å². The van der Waals surface area contributed by atoms with Crippen molar-refractivity contribution in [3.63, 3.8) is 0 Å². The highest BCUT2D eigenvalue weighted by Gasteiger charge is 2.32. The van der Waals surface area contributed by atoms with E-state index in [1.165, 1.54) is 19.0 Å². The second-order valence-electron chi connectivity index (χ2n) is 4.36. The highest BCUT2D eigenvalue weighted by atomic mass is 31.1. The van der Waals surface area contributed by atoms with E-state index in [0.717, 1.165) is 5.66 Å². The lowest BCUT2D eigenvalue weighted by atomic mass is 10.3. The average Bonchev–Trinajstić information content (AvgIpc) is 2.11. The molecule has 0 aromatic carbocycles. The summed E-state index contributed by atoms with van der Waals surface area (Å²) in [6.07, 6.45) is 4.51. The molecule has 0 saturated carbocycles. The summed E-state index contributed by atoms with van der Waals surface area (Å²) in [7, 11) is 0.353. The van der Waals surface area contributed by atoms with E-state index in [-0.39, 0.29) is 8.41 Å². The molecular weight excluding hydrogens is 150 g/mol. The van der Waals surface area contributed by atoms with Gasteiger partial charge in [0.2, 0.25) is 0 Å². The molecule has 63 valence electrons. The predicted molar refractivity (Wildman–Crippen MR) is 56.0 cm³/mol. The summed E-state index contributed by atoms with van der Waals surface area (Å²) in [6.45, 7) is 9.64. The van der Waals surface area contributed by atoms with E-state index in [0.29, 0.717) is 13.1 Å². The summed E-state index contributed by atoms with van der Waals surface area (Å²) in [5.41, 5.74) is 1.04. The number of hydrogen-bond donors (Lipinski definition) is 0. The van der Waals surface area contributed by atoms with Gasteiger partial charge in [-0.15, -0.1) is 0 Å². The second kappa shape index (κ2) is 3.94. The maximum absolute atomic E-state index is 2.43. The van der Waals surface area contributed by atoms with Crippen molar-refractivity contribution in [3.8, 4) is 0 Å². The van der Waals surface area contributed by atoms with Crippen LogP contribution < -0.4 is 0 Å². The lowest BCUT2D eigenvalue weighted by Crippen LogP contribution is -2.15. The van der Waals surface area contributed by atoms with Crippen molar-refractivity contribution >= 4 is 16.3 Å². The Bertz CT molecular complexity index is 117. The van der Waals surface area contributed by atoms with Crippen LogP contribution in [0.2, 0.25) is 0 Å². The van der Waals surface area contributed by atoms with Crippen LogP contribution in [0.4, 0.5) is 0 Å². The van der Waals surface area contributed by atoms with Gasteiger partial charge in [0.25, 0.3) is 0 Å². The van der Waals surface area contributed by atoms with Crippen molar-refractivity contribution < 1.29 is 0 Å². The minimum atomic E-state index is 0. The fraction of sp³-hybridized carbons (Fsp3) is 1.00. The van der Waals surface area contributed by atoms with E-state index in [1.54, 1.807) is 0 Å². The Hall–Kier alpha value is 0.495. The standard InChI is InChI=1S/C9H19P.B/c1-8-6-5-7-10(8)9(2,3)4;/h8H,5-7H2,1-4H3;. The van der Waals surface area contributed by atoms with Crippen LogP contribution >= 0.6 is 7.92 Å². The Morgan fingerprint density at radius 2 is 1.82 bits per heavy atom. The van der Waals surface area contributed by atoms with E-state index in [4.69, 9.17) is 0 Å². The number of hydrogen-bond acceptors (Lipinski definition) is 0. The number of rotatable bonds is 0. The normalized spacial score (nSPS) is 31.6. The Balaban J connectivity index is 0.000001000. The molecule has 1 fully saturated rings. The molecule has 0 aromatic rings. The molecule has 1 rings (SSSR count). The van der Waals surface area contributed by atoms with E-state index >= 15 is 0 Å². The zero-order valence-electron chi connectivity index (χ0n) is 8.22. The second-order valence-corrected chi connectivity index (χ2v) is 7.97. The van der Waals surface area contributed by atoms with E-state index in [9.17, 15) is 0 Å². The van der Waals surface area contributed by atoms with E-state index < -0.39 is 0 Å². The van der Waals surface area contributed by atoms with Crippen LogP contribution in [0.3, 0.4) is 0 Å². The molecule has 0 nitrogen and oxygen atoms in total. The maximum Gasteiger partial charge on any atom is 0 e. The van der Waals surface area contributed by atoms with Crippen molar-refractivity contribution in [2.45, 2.75) is 51.4 Å². The summed E-state index contributed by atoms with van der Waals surface area (Å²) in [5.74, 6) is 0. The molecule has 11 heavy (non-hydrogen) atoms. The first-order valence-electron chi connectivity index (χ1n) is 4.28. The van der Waals surface area contributed by atoms with Crippen LogP contribution in [-0.4, -0.2) is 25.4 Å². The molecule has 0 bridgehead atoms. The van der Waals surface area contributed by atoms with Crippen molar-refractivity contribution in [2.75, 3.05) is 6.16 Å². The Morgan fingerprint density at radius 1 is 1.27 bits per heavy atom. The van der Waals surface area contributed by atoms with Crippen LogP contribution in [0.1, 0.15) is 40.5 Å². The van der Waals surface area contributed by atoms with E-state index in [2.05, 4.69) is 27.7 Å². The molecular formula is C9H19BP. The van der Waals surface area contributed by atoms with E-state index in [1.807, 2.05) is 0 Å². The van der Waals surface area contributed by atoms with Gasteiger partial charge in [-0.25, -0.2) is 0 Å². The zero-order chi connectivity index (χ0) is 7.78. The van der Waals surface area contributed by atoms with Gasteiger partial charge in [0.1, 0.15) is 0 Å². The summed E-state index contributed by atoms with van der Waals surface area (Å²) in [5, 5.41) is 0.616. The van der Waals surface area contributed by atoms with Gasteiger partial charge in [-0.05, 0) is 29.8 Å². The summed E-state index contributed by atoms with van der Waals surface area (Å²) >= 11 is 0. The van der Waals surface area contributed by atoms with Gasteiger partial charge in [-0.2, -0.15) is 0 Å². The summed E-state index contributed by atoms with van der Waals surface area (Å²) in [4.78, 5) is 0. The molecule has 0 spiro atoms. The summed E-state index contributed by atoms with van der Waals surface area (Å²) < 4.78 is 0. The van der Waals surface area contributed by atoms with Crippen molar-refractivity contribution in [3.05, 3.63) is 0 Å². The summed E-state index contributed by atoms with van der Waals surface area (Å²) in [6, 6.07) is 0. The quantitative estimate of drug-likeness (QED) is 0.386. The predicted octanol–water partition coefficient (Wildman–Crippen LogP) is 3.07. The largest absolute Gasteiger partial charge is 0.0983 e. The molecule has 1 aliphatic heterocycles. The molecule has 3 radical (unpaired) electrons. The molecule has 1 heterocycles. The molecule has 2 atom stereocenters. The fourth-order valence-electron chi connectivity index (χ4n) is 1.93. The first-order chi connectivity index (χ1) is 4.52. The van der Waals surface area contributed by atoms with Gasteiger partial charge in [0.15, 0.2) is 0 Å². The smallest absolute Gasteiger partial charge is 0 e. The maximum atomic E-state index is 2.43. The van der Waals surface area contributed by atoms with Gasteiger partial charge in [-0.3, -0.25) is 0 Å². The topological polar surface area (TPSA) is 0 Å². The van der Waals surface area contributed by atoms with Gasteiger partial charge in [0.05, 0.1) is 0 Å². The highest BCUT2D eigenvalue weighted by Crippen LogP contribution is 2.58. The van der Waals surface area contributed by atoms with Gasteiger partial charge in [-0.1, -0.05) is 35.6 Å². The Kier molecular flexibility index (Phi) is 4.12. The molecule has 2 heteroatoms. The van der Waals surface area contributed by atoms with Crippen molar-refractivity contribution in [2.24, 2.45) is 0 Å². The SMILES string of the molecule is CC1CCCP1C(C)(C)C.[B]. The van der Waals surface area contributed by atoms with Gasteiger partial charge in [0, 0.05) is 8.41 Å². The van der Waals surface area contributed by atoms with Crippen molar-refractivity contribution in [1.29, 1.82) is 0 Å². The Morgan fingerprint density at radius 3 is 2.00 bits per heavy atom. The van der Waals surface area contributed by atoms with Gasteiger partial charge < -0.3 is 0 Å². The third-order valence-corrected chi connectivity index (χ3v) is 6.26. The minimum Gasteiger partial charge on any atom is -0.0983 e. The minimum absolute atomic E-state index is 0. The first-order valence-corrected chi connectivity index (χ1v) is 5.88. The third-order valence-electron chi connectivity index (χ3n) is 2.41.